The SMILES string of the molecule is CCS(=O)(=O)c1ccc(OC)c2nc(NNC(=O)Nc3ccccc3C)c(C)cc12.COc1ccc(OS(=O)c2cnc(NNC(=O)NCCCCOc3ccc(C)cc3C)c(OC)n2)cc1.Cc1ccc(C(=O)N(C)O)c(C(=O)NNc2nc(Cl)c3ccccc3n2)c1.Cc1nc2ccccc2nc1NNC(=O)N(C)c1ccccc1. The van der Waals surface area contributed by atoms with Crippen molar-refractivity contribution in [1.82, 2.24) is 67.0 Å². The minimum atomic E-state index is -3.44. The van der Waals surface area contributed by atoms with E-state index in [4.69, 9.17) is 34.7 Å². The Balaban J connectivity index is 0.000000180. The zero-order valence-corrected chi connectivity index (χ0v) is 68.3. The minimum Gasteiger partial charge on any atom is -0.497 e. The molecule has 4 heterocycles. The average molecular weight is 1650 g/mol. The molecule has 8 amide bonds. The first-order valence-corrected chi connectivity index (χ1v) is 39.2. The summed E-state index contributed by atoms with van der Waals surface area (Å²) in [5, 5.41) is 16.8. The summed E-state index contributed by atoms with van der Waals surface area (Å²) in [5.41, 5.74) is 30.6. The second-order valence-corrected chi connectivity index (χ2v) is 29.2. The van der Waals surface area contributed by atoms with Gasteiger partial charge in [0.25, 0.3) is 28.8 Å². The molecule has 36 heteroatoms. The number of para-hydroxylation sites is 5. The molecule has 8 aromatic carbocycles. The fraction of sp³-hybridized carbons (Fsp3) is 0.210. The number of carbonyl (C=O) groups is 5. The Bertz CT molecular complexity index is 5670. The van der Waals surface area contributed by atoms with Crippen LogP contribution in [0.5, 0.6) is 28.9 Å². The van der Waals surface area contributed by atoms with Crippen molar-refractivity contribution in [2.75, 3.05) is 86.2 Å². The zero-order chi connectivity index (χ0) is 84.3. The van der Waals surface area contributed by atoms with E-state index >= 15 is 0 Å². The van der Waals surface area contributed by atoms with Gasteiger partial charge >= 0.3 is 18.1 Å². The molecule has 0 aliphatic carbocycles. The molecule has 0 radical (unpaired) electrons. The molecule has 11 N–H and O–H groups in total. The fourth-order valence-corrected chi connectivity index (χ4v) is 12.8. The Kier molecular flexibility index (Phi) is 31.2. The number of unbranched alkanes of at least 4 members (excludes halogenated alkanes) is 1. The molecule has 12 rings (SSSR count). The van der Waals surface area contributed by atoms with Gasteiger partial charge in [0.2, 0.25) is 11.8 Å². The third-order valence-electron chi connectivity index (χ3n) is 17.0. The van der Waals surface area contributed by atoms with Crippen LogP contribution in [0.25, 0.3) is 32.8 Å². The lowest BCUT2D eigenvalue weighted by atomic mass is 10.0. The molecular formula is C81H88ClN19O14S2. The van der Waals surface area contributed by atoms with E-state index in [1.165, 1.54) is 50.1 Å². The van der Waals surface area contributed by atoms with Crippen molar-refractivity contribution in [3.05, 3.63) is 238 Å². The Hall–Kier alpha value is -13.8. The molecular weight excluding hydrogens is 1560 g/mol. The molecule has 0 saturated heterocycles. The van der Waals surface area contributed by atoms with Crippen LogP contribution in [-0.4, -0.2) is 142 Å². The summed E-state index contributed by atoms with van der Waals surface area (Å²) in [6.07, 6.45) is 2.80. The van der Waals surface area contributed by atoms with E-state index < -0.39 is 44.8 Å². The summed E-state index contributed by atoms with van der Waals surface area (Å²) in [6.45, 7) is 14.0. The lowest BCUT2D eigenvalue weighted by Gasteiger charge is -2.19. The monoisotopic (exact) mass is 1650 g/mol. The van der Waals surface area contributed by atoms with Gasteiger partial charge in [-0.1, -0.05) is 109 Å². The number of rotatable bonds is 26. The Morgan fingerprint density at radius 1 is 0.556 bits per heavy atom. The molecule has 0 spiro atoms. The number of aromatic nitrogens is 7. The fourth-order valence-electron chi connectivity index (χ4n) is 10.8. The van der Waals surface area contributed by atoms with Crippen LogP contribution >= 0.6 is 11.6 Å². The number of hydroxylamine groups is 2. The Morgan fingerprint density at radius 2 is 1.20 bits per heavy atom. The smallest absolute Gasteiger partial charge is 0.340 e. The predicted molar refractivity (Wildman–Crippen MR) is 449 cm³/mol. The second kappa shape index (κ2) is 41.8. The van der Waals surface area contributed by atoms with Gasteiger partial charge in [0.15, 0.2) is 20.7 Å². The normalized spacial score (nSPS) is 10.9. The van der Waals surface area contributed by atoms with Gasteiger partial charge in [-0.15, -0.1) is 0 Å². The maximum atomic E-state index is 12.6. The maximum Gasteiger partial charge on any atom is 0.340 e. The predicted octanol–water partition coefficient (Wildman–Crippen LogP) is 13.4. The van der Waals surface area contributed by atoms with E-state index in [0.717, 1.165) is 52.0 Å². The van der Waals surface area contributed by atoms with Gasteiger partial charge in [-0.05, 0) is 174 Å². The number of carbonyl (C=O) groups excluding carboxylic acids is 5. The van der Waals surface area contributed by atoms with E-state index in [9.17, 15) is 41.8 Å². The van der Waals surface area contributed by atoms with Gasteiger partial charge in [0.1, 0.15) is 39.5 Å². The lowest BCUT2D eigenvalue weighted by Crippen LogP contribution is -2.40. The van der Waals surface area contributed by atoms with Crippen molar-refractivity contribution >= 4 is 130 Å². The molecule has 610 valence electrons. The number of amides is 8. The topological polar surface area (TPSA) is 420 Å². The molecule has 0 bridgehead atoms. The van der Waals surface area contributed by atoms with E-state index in [2.05, 4.69) is 95.0 Å². The van der Waals surface area contributed by atoms with E-state index in [0.29, 0.717) is 85.8 Å². The maximum absolute atomic E-state index is 12.6. The third-order valence-corrected chi connectivity index (χ3v) is 20.0. The number of anilines is 6. The van der Waals surface area contributed by atoms with Gasteiger partial charge in [0, 0.05) is 42.8 Å². The zero-order valence-electron chi connectivity index (χ0n) is 65.9. The summed E-state index contributed by atoms with van der Waals surface area (Å²) >= 11 is 4.20. The number of pyridine rings is 1. The number of fused-ring (bicyclic) bond motifs is 3. The van der Waals surface area contributed by atoms with E-state index in [1.54, 1.807) is 102 Å². The van der Waals surface area contributed by atoms with Crippen molar-refractivity contribution in [2.24, 2.45) is 0 Å². The quantitative estimate of drug-likeness (QED) is 0.0104. The lowest BCUT2D eigenvalue weighted by molar-refractivity contribution is -0.0375. The van der Waals surface area contributed by atoms with Crippen molar-refractivity contribution in [3.63, 3.8) is 0 Å². The van der Waals surface area contributed by atoms with Gasteiger partial charge in [-0.2, -0.15) is 9.97 Å². The minimum absolute atomic E-state index is 0.0197. The Morgan fingerprint density at radius 3 is 1.89 bits per heavy atom. The Labute approximate surface area is 682 Å². The largest absolute Gasteiger partial charge is 0.497 e. The number of hydrogen-bond acceptors (Lipinski definition) is 25. The standard InChI is InChI=1S/C25H31N5O6S.C21H24N4O4S.C18H16ClN5O3.C17H17N5O/c1-17-7-12-21(18(2)15-17)35-14-6-5-13-26-25(31)30-29-23-24(34-4)28-22(16-27-23)37(32)36-20-10-8-19(33-3)9-11-20;1-5-30(27,28)18-11-10-17(29-4)19-15(18)12-14(3)20(23-19)24-25-21(26)22-16-9-7-6-8-13(16)2;1-10-7-8-11(17(26)24(2)27)13(9-10)16(25)22-23-18-20-14-6-4-3-5-12(14)15(19)21-18;1-12-16(19-15-11-7-6-10-14(15)18-12)20-21-17(23)22(2)13-8-4-3-5-9-13/h7-12,15-16H,5-6,13-14H2,1-4H3,(H,27,29)(H2,26,30,31);6-12H,5H2,1-4H3,(H,23,24)(H2,22,25,26);3-9,27H,1-2H3,(H,22,25)(H,20,21,23);3-11H,1-2H3,(H,19,20)(H,21,23). The van der Waals surface area contributed by atoms with Gasteiger partial charge in [0.05, 0.1) is 78.2 Å². The number of benzene rings is 8. The molecule has 117 heavy (non-hydrogen) atoms. The third kappa shape index (κ3) is 24.4. The van der Waals surface area contributed by atoms with E-state index in [-0.39, 0.29) is 55.6 Å². The van der Waals surface area contributed by atoms with Crippen molar-refractivity contribution in [2.45, 2.75) is 71.2 Å². The van der Waals surface area contributed by atoms with Crippen LogP contribution in [0, 0.1) is 41.5 Å². The molecule has 12 aromatic rings. The molecule has 1 unspecified atom stereocenters. The van der Waals surface area contributed by atoms with Crippen molar-refractivity contribution < 1.29 is 64.9 Å². The van der Waals surface area contributed by atoms with Crippen LogP contribution < -0.4 is 82.1 Å². The van der Waals surface area contributed by atoms with Crippen molar-refractivity contribution in [1.29, 1.82) is 0 Å². The molecule has 0 fully saturated rings. The van der Waals surface area contributed by atoms with Crippen LogP contribution in [0.1, 0.15) is 74.0 Å². The van der Waals surface area contributed by atoms with Crippen LogP contribution in [0.4, 0.5) is 49.2 Å². The second-order valence-electron chi connectivity index (χ2n) is 25.5. The van der Waals surface area contributed by atoms with Crippen molar-refractivity contribution in [3.8, 4) is 28.9 Å². The molecule has 0 aliphatic heterocycles. The summed E-state index contributed by atoms with van der Waals surface area (Å²) in [7, 11) is 3.87. The number of halogens is 1. The number of nitrogens with one attached hydrogen (secondary N) is 10. The molecule has 0 saturated carbocycles. The highest BCUT2D eigenvalue weighted by atomic mass is 35.5. The molecule has 0 aliphatic rings. The van der Waals surface area contributed by atoms with Crippen LogP contribution in [-0.2, 0) is 20.9 Å². The van der Waals surface area contributed by atoms with Gasteiger partial charge < -0.3 is 33.8 Å². The number of hydrazine groups is 4. The van der Waals surface area contributed by atoms with Crippen LogP contribution in [0.2, 0.25) is 5.15 Å². The molecule has 33 nitrogen and oxygen atoms in total. The summed E-state index contributed by atoms with van der Waals surface area (Å²) < 4.78 is 64.3. The molecule has 4 aromatic heterocycles. The summed E-state index contributed by atoms with van der Waals surface area (Å²) in [5.74, 6) is 2.21. The highest BCUT2D eigenvalue weighted by Crippen LogP contribution is 2.34. The first kappa shape index (κ1) is 87.2. The number of sulfone groups is 1. The van der Waals surface area contributed by atoms with Crippen LogP contribution in [0.15, 0.2) is 198 Å². The number of urea groups is 3. The average Bonchev–Trinajstić information content (AvgIpc) is 0.757. The van der Waals surface area contributed by atoms with Crippen LogP contribution in [0.3, 0.4) is 0 Å². The number of hydrogen-bond donors (Lipinski definition) is 11. The first-order chi connectivity index (χ1) is 56.2. The summed E-state index contributed by atoms with van der Waals surface area (Å²) in [6, 6.07) is 52.6. The number of methoxy groups -OCH3 is 3. The van der Waals surface area contributed by atoms with E-state index in [1.807, 2.05) is 125 Å². The number of aryl methyl sites for hydroxylation is 6. The number of nitrogens with zero attached hydrogens (tertiary/aromatic N) is 9. The summed E-state index contributed by atoms with van der Waals surface area (Å²) in [4.78, 5) is 92.9. The molecule has 1 atom stereocenters. The number of ether oxygens (including phenoxy) is 4. The first-order valence-electron chi connectivity index (χ1n) is 36.1. The van der Waals surface area contributed by atoms with Gasteiger partial charge in [-0.25, -0.2) is 62.4 Å². The highest BCUT2D eigenvalue weighted by molar-refractivity contribution is 7.91. The van der Waals surface area contributed by atoms with Gasteiger partial charge in [-0.3, -0.25) is 57.7 Å². The highest BCUT2D eigenvalue weighted by Gasteiger charge is 2.23.